The molecule has 0 bridgehead atoms. The smallest absolute Gasteiger partial charge is 0.303 e. The number of aryl methyl sites for hydroxylation is 1. The van der Waals surface area contributed by atoms with Crippen molar-refractivity contribution >= 4 is 29.7 Å². The van der Waals surface area contributed by atoms with E-state index < -0.39 is 5.97 Å². The molecule has 23 heavy (non-hydrogen) atoms. The summed E-state index contributed by atoms with van der Waals surface area (Å²) in [5, 5.41) is 13.9. The van der Waals surface area contributed by atoms with E-state index in [1.54, 1.807) is 48.5 Å². The van der Waals surface area contributed by atoms with Crippen molar-refractivity contribution in [2.24, 2.45) is 0 Å². The van der Waals surface area contributed by atoms with Crippen LogP contribution in [0.4, 0.5) is 11.4 Å². The van der Waals surface area contributed by atoms with Crippen LogP contribution in [0.2, 0.25) is 0 Å². The molecule has 0 aliphatic rings. The maximum atomic E-state index is 12.3. The minimum atomic E-state index is -0.846. The number of nitrogens with one attached hydrogen (secondary N) is 2. The zero-order valence-electron chi connectivity index (χ0n) is 12.3. The molecule has 2 amide bonds. The van der Waals surface area contributed by atoms with Gasteiger partial charge in [0.1, 0.15) is 0 Å². The van der Waals surface area contributed by atoms with Crippen LogP contribution in [0.1, 0.15) is 22.3 Å². The van der Waals surface area contributed by atoms with E-state index in [1.807, 2.05) is 0 Å². The third kappa shape index (κ3) is 4.67. The van der Waals surface area contributed by atoms with Gasteiger partial charge in [0.05, 0.1) is 11.3 Å². The number of benzene rings is 2. The fourth-order valence-electron chi connectivity index (χ4n) is 2.07. The van der Waals surface area contributed by atoms with Crippen molar-refractivity contribution < 1.29 is 19.5 Å². The highest BCUT2D eigenvalue weighted by Gasteiger charge is 2.10. The van der Waals surface area contributed by atoms with E-state index in [-0.39, 0.29) is 12.3 Å². The lowest BCUT2D eigenvalue weighted by Crippen LogP contribution is -2.14. The second-order valence-electron chi connectivity index (χ2n) is 4.85. The van der Waals surface area contributed by atoms with Crippen molar-refractivity contribution in [1.82, 2.24) is 0 Å². The molecular formula is C17H16N2O4. The van der Waals surface area contributed by atoms with Gasteiger partial charge in [-0.2, -0.15) is 0 Å². The number of carboxylic acids is 1. The molecule has 6 heteroatoms. The van der Waals surface area contributed by atoms with E-state index in [1.165, 1.54) is 0 Å². The summed E-state index contributed by atoms with van der Waals surface area (Å²) >= 11 is 0. The summed E-state index contributed by atoms with van der Waals surface area (Å²) in [6.07, 6.45) is 1.02. The number of aliphatic carboxylic acids is 1. The van der Waals surface area contributed by atoms with Gasteiger partial charge in [-0.25, -0.2) is 0 Å². The maximum absolute atomic E-state index is 12.3. The summed E-state index contributed by atoms with van der Waals surface area (Å²) < 4.78 is 0. The lowest BCUT2D eigenvalue weighted by atomic mass is 10.1. The molecule has 0 aliphatic carbocycles. The van der Waals surface area contributed by atoms with Crippen LogP contribution in [0.15, 0.2) is 48.5 Å². The second kappa shape index (κ2) is 7.74. The van der Waals surface area contributed by atoms with E-state index >= 15 is 0 Å². The van der Waals surface area contributed by atoms with E-state index in [9.17, 15) is 14.4 Å². The first-order valence-corrected chi connectivity index (χ1v) is 7.01. The van der Waals surface area contributed by atoms with Gasteiger partial charge in [0.2, 0.25) is 6.41 Å². The number of para-hydroxylation sites is 1. The Hall–Kier alpha value is -3.15. The summed E-state index contributed by atoms with van der Waals surface area (Å²) in [7, 11) is 0. The van der Waals surface area contributed by atoms with Crippen molar-refractivity contribution in [2.45, 2.75) is 12.8 Å². The van der Waals surface area contributed by atoms with Gasteiger partial charge >= 0.3 is 5.97 Å². The standard InChI is InChI=1S/C17H16N2O4/c20-11-18-15-4-2-1-3-14(15)17(23)19-13-8-5-12(6-9-13)7-10-16(21)22/h1-6,8-9,11H,7,10H2,(H,18,20)(H,19,23)(H,21,22). The zero-order valence-corrected chi connectivity index (χ0v) is 12.3. The van der Waals surface area contributed by atoms with Gasteiger partial charge in [0, 0.05) is 12.1 Å². The molecule has 0 saturated heterocycles. The molecular weight excluding hydrogens is 296 g/mol. The number of rotatable bonds is 7. The van der Waals surface area contributed by atoms with E-state index in [2.05, 4.69) is 10.6 Å². The number of hydrogen-bond donors (Lipinski definition) is 3. The highest BCUT2D eigenvalue weighted by molar-refractivity contribution is 6.08. The average molecular weight is 312 g/mol. The van der Waals surface area contributed by atoms with Gasteiger partial charge in [-0.15, -0.1) is 0 Å². The monoisotopic (exact) mass is 312 g/mol. The molecule has 3 N–H and O–H groups in total. The first kappa shape index (κ1) is 16.2. The number of carbonyl (C=O) groups excluding carboxylic acids is 2. The molecule has 0 radical (unpaired) electrons. The van der Waals surface area contributed by atoms with Gasteiger partial charge in [-0.05, 0) is 36.2 Å². The molecule has 0 aromatic heterocycles. The lowest BCUT2D eigenvalue weighted by molar-refractivity contribution is -0.136. The third-order valence-electron chi connectivity index (χ3n) is 3.23. The first-order valence-electron chi connectivity index (χ1n) is 7.01. The Morgan fingerprint density at radius 2 is 1.74 bits per heavy atom. The Balaban J connectivity index is 2.05. The quantitative estimate of drug-likeness (QED) is 0.685. The van der Waals surface area contributed by atoms with Gasteiger partial charge in [-0.3, -0.25) is 14.4 Å². The van der Waals surface area contributed by atoms with Crippen LogP contribution in [0.25, 0.3) is 0 Å². The Labute approximate surface area is 133 Å². The van der Waals surface area contributed by atoms with Gasteiger partial charge < -0.3 is 15.7 Å². The van der Waals surface area contributed by atoms with Crippen LogP contribution in [0, 0.1) is 0 Å². The fourth-order valence-corrected chi connectivity index (χ4v) is 2.07. The molecule has 0 spiro atoms. The predicted molar refractivity (Wildman–Crippen MR) is 86.5 cm³/mol. The molecule has 0 fully saturated rings. The number of carboxylic acid groups (broad SMARTS) is 1. The van der Waals surface area contributed by atoms with Crippen molar-refractivity contribution in [1.29, 1.82) is 0 Å². The number of amides is 2. The van der Waals surface area contributed by atoms with E-state index in [4.69, 9.17) is 5.11 Å². The molecule has 0 heterocycles. The molecule has 0 unspecified atom stereocenters. The van der Waals surface area contributed by atoms with Crippen molar-refractivity contribution in [3.8, 4) is 0 Å². The first-order chi connectivity index (χ1) is 11.1. The van der Waals surface area contributed by atoms with E-state index in [0.29, 0.717) is 29.8 Å². The molecule has 118 valence electrons. The van der Waals surface area contributed by atoms with Gasteiger partial charge in [0.15, 0.2) is 0 Å². The summed E-state index contributed by atoms with van der Waals surface area (Å²) in [6, 6.07) is 13.7. The molecule has 2 aromatic carbocycles. The van der Waals surface area contributed by atoms with Crippen LogP contribution < -0.4 is 10.6 Å². The molecule has 2 rings (SSSR count). The Morgan fingerprint density at radius 3 is 2.39 bits per heavy atom. The topological polar surface area (TPSA) is 95.5 Å². The van der Waals surface area contributed by atoms with Crippen molar-refractivity contribution in [2.75, 3.05) is 10.6 Å². The van der Waals surface area contributed by atoms with E-state index in [0.717, 1.165) is 5.56 Å². The Morgan fingerprint density at radius 1 is 1.04 bits per heavy atom. The number of anilines is 2. The molecule has 6 nitrogen and oxygen atoms in total. The lowest BCUT2D eigenvalue weighted by Gasteiger charge is -2.09. The normalized spacial score (nSPS) is 9.91. The number of carbonyl (C=O) groups is 3. The summed E-state index contributed by atoms with van der Waals surface area (Å²) in [4.78, 5) is 33.4. The van der Waals surface area contributed by atoms with Gasteiger partial charge in [-0.1, -0.05) is 24.3 Å². The summed E-state index contributed by atoms with van der Waals surface area (Å²) in [5.74, 6) is -1.19. The van der Waals surface area contributed by atoms with Crippen LogP contribution in [-0.4, -0.2) is 23.4 Å². The second-order valence-corrected chi connectivity index (χ2v) is 4.85. The maximum Gasteiger partial charge on any atom is 0.303 e. The number of hydrogen-bond acceptors (Lipinski definition) is 3. The van der Waals surface area contributed by atoms with Crippen LogP contribution in [-0.2, 0) is 16.0 Å². The third-order valence-corrected chi connectivity index (χ3v) is 3.23. The largest absolute Gasteiger partial charge is 0.481 e. The summed E-state index contributed by atoms with van der Waals surface area (Å²) in [5.41, 5.74) is 2.26. The minimum absolute atomic E-state index is 0.0659. The van der Waals surface area contributed by atoms with Crippen LogP contribution >= 0.6 is 0 Å². The fraction of sp³-hybridized carbons (Fsp3) is 0.118. The zero-order chi connectivity index (χ0) is 16.7. The molecule has 0 aliphatic heterocycles. The van der Waals surface area contributed by atoms with Crippen LogP contribution in [0.3, 0.4) is 0 Å². The Bertz CT molecular complexity index is 711. The molecule has 0 saturated carbocycles. The minimum Gasteiger partial charge on any atom is -0.481 e. The highest BCUT2D eigenvalue weighted by Crippen LogP contribution is 2.17. The SMILES string of the molecule is O=CNc1ccccc1C(=O)Nc1ccc(CCC(=O)O)cc1. The predicted octanol–water partition coefficient (Wildman–Crippen LogP) is 2.52. The molecule has 0 atom stereocenters. The van der Waals surface area contributed by atoms with Crippen molar-refractivity contribution in [3.63, 3.8) is 0 Å². The Kier molecular flexibility index (Phi) is 5.46. The highest BCUT2D eigenvalue weighted by atomic mass is 16.4. The van der Waals surface area contributed by atoms with Crippen LogP contribution in [0.5, 0.6) is 0 Å². The average Bonchev–Trinajstić information content (AvgIpc) is 2.55. The van der Waals surface area contributed by atoms with Crippen molar-refractivity contribution in [3.05, 3.63) is 59.7 Å². The summed E-state index contributed by atoms with van der Waals surface area (Å²) in [6.45, 7) is 0. The molecule has 2 aromatic rings. The van der Waals surface area contributed by atoms with Gasteiger partial charge in [0.25, 0.3) is 5.91 Å².